The summed E-state index contributed by atoms with van der Waals surface area (Å²) in [7, 11) is 0. The van der Waals surface area contributed by atoms with Gasteiger partial charge in [-0.3, -0.25) is 20.5 Å². The molecule has 8 nitrogen and oxygen atoms in total. The Bertz CT molecular complexity index is 1240. The molecule has 4 aromatic rings. The smallest absolute Gasteiger partial charge is 0.287 e. The van der Waals surface area contributed by atoms with Crippen molar-refractivity contribution >= 4 is 34.1 Å². The van der Waals surface area contributed by atoms with E-state index in [1.165, 1.54) is 0 Å². The van der Waals surface area contributed by atoms with Crippen molar-refractivity contribution in [1.82, 2.24) is 15.8 Å². The van der Waals surface area contributed by atoms with Crippen molar-refractivity contribution in [3.8, 4) is 11.5 Å². The van der Waals surface area contributed by atoms with E-state index in [9.17, 15) is 4.79 Å². The molecule has 0 bridgehead atoms. The quantitative estimate of drug-likeness (QED) is 0.195. The summed E-state index contributed by atoms with van der Waals surface area (Å²) in [6.45, 7) is 0.715. The van der Waals surface area contributed by atoms with E-state index in [2.05, 4.69) is 10.3 Å². The Morgan fingerprint density at radius 2 is 1.73 bits per heavy atom. The van der Waals surface area contributed by atoms with Gasteiger partial charge in [0.1, 0.15) is 35.3 Å². The zero-order valence-corrected chi connectivity index (χ0v) is 18.3. The van der Waals surface area contributed by atoms with Gasteiger partial charge in [0.25, 0.3) is 5.91 Å². The lowest BCUT2D eigenvalue weighted by molar-refractivity contribution is 0.0918. The van der Waals surface area contributed by atoms with Crippen LogP contribution in [0.1, 0.15) is 21.7 Å². The number of fused-ring (bicyclic) bond motifs is 1. The molecule has 0 aliphatic heterocycles. The normalized spacial score (nSPS) is 10.6. The number of pyridine rings is 1. The number of hydrogen-bond acceptors (Lipinski definition) is 7. The second-order valence-electron chi connectivity index (χ2n) is 6.95. The van der Waals surface area contributed by atoms with E-state index in [4.69, 9.17) is 31.3 Å². The third kappa shape index (κ3) is 5.46. The van der Waals surface area contributed by atoms with E-state index in [1.54, 1.807) is 48.8 Å². The molecule has 2 aromatic carbocycles. The summed E-state index contributed by atoms with van der Waals surface area (Å²) in [4.78, 5) is 17.0. The molecule has 3 N–H and O–H groups in total. The van der Waals surface area contributed by atoms with Gasteiger partial charge in [0.05, 0.1) is 6.54 Å². The van der Waals surface area contributed by atoms with E-state index in [-0.39, 0.29) is 36.4 Å². The van der Waals surface area contributed by atoms with Crippen LogP contribution < -0.4 is 20.3 Å². The fourth-order valence-corrected chi connectivity index (χ4v) is 3.33. The third-order valence-corrected chi connectivity index (χ3v) is 5.14. The number of ether oxygens (including phenoxy) is 2. The van der Waals surface area contributed by atoms with Crippen molar-refractivity contribution in [2.75, 3.05) is 13.2 Å². The molecule has 0 atom stereocenters. The van der Waals surface area contributed by atoms with Crippen LogP contribution in [0.25, 0.3) is 11.0 Å². The first-order valence-electron chi connectivity index (χ1n) is 10.1. The number of para-hydroxylation sites is 1. The average Bonchev–Trinajstić information content (AvgIpc) is 3.24. The van der Waals surface area contributed by atoms with Crippen LogP contribution in [-0.2, 0) is 6.61 Å². The van der Waals surface area contributed by atoms with Crippen LogP contribution in [0, 0.1) is 0 Å². The van der Waals surface area contributed by atoms with Gasteiger partial charge in [-0.25, -0.2) is 0 Å². The Morgan fingerprint density at radius 3 is 2.48 bits per heavy atom. The van der Waals surface area contributed by atoms with Gasteiger partial charge in [-0.1, -0.05) is 30.4 Å². The number of aromatic nitrogens is 1. The van der Waals surface area contributed by atoms with Gasteiger partial charge in [-0.2, -0.15) is 0 Å². The molecule has 4 rings (SSSR count). The minimum Gasteiger partial charge on any atom is -0.492 e. The molecule has 33 heavy (non-hydrogen) atoms. The highest BCUT2D eigenvalue weighted by Crippen LogP contribution is 2.27. The molecule has 0 saturated carbocycles. The zero-order valence-electron chi connectivity index (χ0n) is 17.5. The van der Waals surface area contributed by atoms with E-state index in [0.29, 0.717) is 28.2 Å². The lowest BCUT2D eigenvalue weighted by Gasteiger charge is -2.09. The highest BCUT2D eigenvalue weighted by molar-refractivity contribution is 7.80. The lowest BCUT2D eigenvalue weighted by atomic mass is 10.1. The first-order chi connectivity index (χ1) is 16.2. The number of carbonyl (C=O) groups excluding carboxylic acids is 1. The van der Waals surface area contributed by atoms with Crippen LogP contribution in [0.5, 0.6) is 11.5 Å². The second kappa shape index (κ2) is 10.6. The van der Waals surface area contributed by atoms with E-state index in [1.807, 2.05) is 29.7 Å². The molecule has 2 heterocycles. The van der Waals surface area contributed by atoms with Gasteiger partial charge in [0, 0.05) is 28.9 Å². The predicted molar refractivity (Wildman–Crippen MR) is 126 cm³/mol. The number of amides is 1. The standard InChI is InChI=1S/C24H21N3O5S/c28-23(26-13-14-30-17-7-5-16(6-8-17)24(33)27-29)22-20(15-31-18-9-11-25-12-10-18)19-3-1-2-4-21(19)32-22/h1-12,29H,13-15H2,(H,26,28)(H,27,33). The van der Waals surface area contributed by atoms with Crippen molar-refractivity contribution in [2.45, 2.75) is 6.61 Å². The first kappa shape index (κ1) is 22.3. The molecule has 168 valence electrons. The van der Waals surface area contributed by atoms with Gasteiger partial charge < -0.3 is 19.2 Å². The summed E-state index contributed by atoms with van der Waals surface area (Å²) >= 11 is 4.96. The molecule has 0 fully saturated rings. The number of nitrogens with zero attached hydrogens (tertiary/aromatic N) is 1. The Hall–Kier alpha value is -3.95. The fourth-order valence-electron chi connectivity index (χ4n) is 3.20. The monoisotopic (exact) mass is 463 g/mol. The maximum absolute atomic E-state index is 12.8. The SMILES string of the molecule is O=C(NCCOc1ccc(C(=S)NO)cc1)c1oc2ccccc2c1COc1ccncc1. The Morgan fingerprint density at radius 1 is 1.00 bits per heavy atom. The topological polar surface area (TPSA) is 106 Å². The van der Waals surface area contributed by atoms with Gasteiger partial charge in [-0.15, -0.1) is 0 Å². The van der Waals surface area contributed by atoms with Gasteiger partial charge in [0.15, 0.2) is 5.76 Å². The lowest BCUT2D eigenvalue weighted by Crippen LogP contribution is -2.28. The Balaban J connectivity index is 1.38. The molecule has 0 aliphatic carbocycles. The Labute approximate surface area is 195 Å². The molecule has 0 spiro atoms. The van der Waals surface area contributed by atoms with Crippen LogP contribution in [0.2, 0.25) is 0 Å². The summed E-state index contributed by atoms with van der Waals surface area (Å²) in [5, 5.41) is 12.5. The van der Waals surface area contributed by atoms with Crippen LogP contribution in [0.15, 0.2) is 77.5 Å². The molecule has 0 radical (unpaired) electrons. The molecule has 2 aromatic heterocycles. The van der Waals surface area contributed by atoms with E-state index in [0.717, 1.165) is 5.39 Å². The molecule has 0 unspecified atom stereocenters. The van der Waals surface area contributed by atoms with Crippen molar-refractivity contribution < 1.29 is 23.9 Å². The summed E-state index contributed by atoms with van der Waals surface area (Å²) < 4.78 is 17.3. The van der Waals surface area contributed by atoms with Crippen LogP contribution >= 0.6 is 12.2 Å². The summed E-state index contributed by atoms with van der Waals surface area (Å²) in [5.74, 6) is 1.12. The van der Waals surface area contributed by atoms with Crippen molar-refractivity contribution in [2.24, 2.45) is 0 Å². The van der Waals surface area contributed by atoms with Gasteiger partial charge in [0.2, 0.25) is 0 Å². The number of thiocarbonyl (C=S) groups is 1. The fraction of sp³-hybridized carbons (Fsp3) is 0.125. The van der Waals surface area contributed by atoms with Crippen LogP contribution in [0.3, 0.4) is 0 Å². The van der Waals surface area contributed by atoms with Crippen LogP contribution in [-0.4, -0.2) is 34.2 Å². The number of nitrogens with one attached hydrogen (secondary N) is 2. The summed E-state index contributed by atoms with van der Waals surface area (Å²) in [5.41, 5.74) is 3.89. The van der Waals surface area contributed by atoms with E-state index >= 15 is 0 Å². The van der Waals surface area contributed by atoms with Gasteiger partial charge >= 0.3 is 0 Å². The minimum absolute atomic E-state index is 0.178. The maximum atomic E-state index is 12.8. The number of carbonyl (C=O) groups is 1. The van der Waals surface area contributed by atoms with Crippen LogP contribution in [0.4, 0.5) is 0 Å². The first-order valence-corrected chi connectivity index (χ1v) is 10.6. The predicted octanol–water partition coefficient (Wildman–Crippen LogP) is 3.87. The second-order valence-corrected chi connectivity index (χ2v) is 7.36. The molecule has 0 saturated heterocycles. The maximum Gasteiger partial charge on any atom is 0.287 e. The number of benzene rings is 2. The average molecular weight is 464 g/mol. The molecule has 1 amide bonds. The van der Waals surface area contributed by atoms with Crippen molar-refractivity contribution in [3.05, 3.63) is 89.9 Å². The van der Waals surface area contributed by atoms with Crippen molar-refractivity contribution in [3.63, 3.8) is 0 Å². The Kier molecular flexibility index (Phi) is 7.13. The highest BCUT2D eigenvalue weighted by Gasteiger charge is 2.20. The third-order valence-electron chi connectivity index (χ3n) is 4.81. The molecular weight excluding hydrogens is 442 g/mol. The number of hydroxylamine groups is 1. The summed E-state index contributed by atoms with van der Waals surface area (Å²) in [6, 6.07) is 17.9. The molecular formula is C24H21N3O5S. The van der Waals surface area contributed by atoms with E-state index < -0.39 is 0 Å². The highest BCUT2D eigenvalue weighted by atomic mass is 32.1. The number of furan rings is 1. The largest absolute Gasteiger partial charge is 0.492 e. The van der Waals surface area contributed by atoms with Gasteiger partial charge in [-0.05, 0) is 42.5 Å². The number of hydrogen-bond donors (Lipinski definition) is 3. The zero-order chi connectivity index (χ0) is 23.0. The van der Waals surface area contributed by atoms with Crippen molar-refractivity contribution in [1.29, 1.82) is 0 Å². The number of rotatable bonds is 9. The summed E-state index contributed by atoms with van der Waals surface area (Å²) in [6.07, 6.45) is 3.28. The molecule has 9 heteroatoms. The molecule has 0 aliphatic rings. The minimum atomic E-state index is -0.349.